The summed E-state index contributed by atoms with van der Waals surface area (Å²) in [6.07, 6.45) is -0.108. The number of carboxylic acid groups (broad SMARTS) is 1. The molecule has 1 fully saturated rings. The number of hydrogen-bond donors (Lipinski definition) is 2. The van der Waals surface area contributed by atoms with Gasteiger partial charge in [0, 0.05) is 31.5 Å². The zero-order chi connectivity index (χ0) is 18.0. The lowest BCUT2D eigenvalue weighted by Crippen LogP contribution is -2.38. The van der Waals surface area contributed by atoms with E-state index in [9.17, 15) is 9.59 Å². The van der Waals surface area contributed by atoms with Crippen molar-refractivity contribution in [2.24, 2.45) is 0 Å². The highest BCUT2D eigenvalue weighted by Crippen LogP contribution is 2.24. The van der Waals surface area contributed by atoms with Gasteiger partial charge < -0.3 is 24.6 Å². The maximum atomic E-state index is 12.1. The fraction of sp³-hybridized carbons (Fsp3) is 0.294. The van der Waals surface area contributed by atoms with E-state index in [0.717, 1.165) is 18.7 Å². The summed E-state index contributed by atoms with van der Waals surface area (Å²) in [4.78, 5) is 26.6. The van der Waals surface area contributed by atoms with Crippen LogP contribution >= 0.6 is 15.9 Å². The van der Waals surface area contributed by atoms with Crippen molar-refractivity contribution in [3.8, 4) is 0 Å². The van der Waals surface area contributed by atoms with Crippen LogP contribution in [0, 0.1) is 0 Å². The molecule has 2 aromatic rings. The van der Waals surface area contributed by atoms with Crippen LogP contribution in [0.3, 0.4) is 0 Å². The molecule has 1 aliphatic rings. The first kappa shape index (κ1) is 17.3. The summed E-state index contributed by atoms with van der Waals surface area (Å²) in [5, 5.41) is 11.8. The lowest BCUT2D eigenvalue weighted by Gasteiger charge is -2.23. The lowest BCUT2D eigenvalue weighted by molar-refractivity contribution is 0.0995. The first-order valence-corrected chi connectivity index (χ1v) is 8.61. The summed E-state index contributed by atoms with van der Waals surface area (Å²) in [5.41, 5.74) is 1.67. The van der Waals surface area contributed by atoms with Gasteiger partial charge in [0.1, 0.15) is 0 Å². The minimum absolute atomic E-state index is 0.00530. The predicted octanol–water partition coefficient (Wildman–Crippen LogP) is 3.48. The fourth-order valence-electron chi connectivity index (χ4n) is 2.83. The smallest absolute Gasteiger partial charge is 0.407 e. The summed E-state index contributed by atoms with van der Waals surface area (Å²) < 4.78 is 5.72. The number of benzene rings is 1. The summed E-state index contributed by atoms with van der Waals surface area (Å²) in [6, 6.07) is 10.7. The van der Waals surface area contributed by atoms with Crippen LogP contribution < -0.4 is 10.2 Å². The molecule has 3 rings (SSSR count). The fourth-order valence-corrected chi connectivity index (χ4v) is 3.14. The molecule has 1 saturated heterocycles. The average Bonchev–Trinajstić information content (AvgIpc) is 3.24. The minimum atomic E-state index is -0.908. The van der Waals surface area contributed by atoms with Crippen molar-refractivity contribution in [2.75, 3.05) is 30.4 Å². The normalized spacial score (nSPS) is 16.7. The van der Waals surface area contributed by atoms with Gasteiger partial charge in [0.25, 0.3) is 5.91 Å². The molecule has 1 unspecified atom stereocenters. The van der Waals surface area contributed by atoms with Gasteiger partial charge in [-0.2, -0.15) is 0 Å². The number of rotatable bonds is 4. The molecule has 0 bridgehead atoms. The molecular formula is C17H18BrN3O4. The van der Waals surface area contributed by atoms with Gasteiger partial charge in [0.15, 0.2) is 10.4 Å². The highest BCUT2D eigenvalue weighted by atomic mass is 79.9. The van der Waals surface area contributed by atoms with Crippen molar-refractivity contribution in [2.45, 2.75) is 12.5 Å². The first-order chi connectivity index (χ1) is 11.9. The van der Waals surface area contributed by atoms with Gasteiger partial charge in [0.2, 0.25) is 0 Å². The van der Waals surface area contributed by atoms with E-state index in [1.54, 1.807) is 19.2 Å². The van der Waals surface area contributed by atoms with E-state index in [1.165, 1.54) is 4.90 Å². The summed E-state index contributed by atoms with van der Waals surface area (Å²) in [7, 11) is 1.60. The second-order valence-electron chi connectivity index (χ2n) is 5.89. The van der Waals surface area contributed by atoms with Crippen LogP contribution in [-0.2, 0) is 0 Å². The molecule has 8 heteroatoms. The number of halogens is 1. The van der Waals surface area contributed by atoms with Crippen LogP contribution in [-0.4, -0.2) is 48.2 Å². The Kier molecular flexibility index (Phi) is 4.98. The van der Waals surface area contributed by atoms with E-state index in [2.05, 4.69) is 26.1 Å². The molecule has 2 heterocycles. The number of amides is 2. The third kappa shape index (κ3) is 3.96. The molecule has 25 heavy (non-hydrogen) atoms. The third-order valence-electron chi connectivity index (χ3n) is 4.30. The summed E-state index contributed by atoms with van der Waals surface area (Å²) in [6.45, 7) is 1.46. The summed E-state index contributed by atoms with van der Waals surface area (Å²) in [5.74, 6) is -0.0854. The number of carbonyl (C=O) groups is 2. The Labute approximate surface area is 153 Å². The third-order valence-corrected chi connectivity index (χ3v) is 4.73. The Balaban J connectivity index is 1.61. The number of likely N-dealkylation sites (N-methyl/N-ethyl adjacent to an activating group) is 1. The van der Waals surface area contributed by atoms with Crippen LogP contribution in [0.5, 0.6) is 0 Å². The highest BCUT2D eigenvalue weighted by molar-refractivity contribution is 9.10. The van der Waals surface area contributed by atoms with Gasteiger partial charge in [-0.1, -0.05) is 0 Å². The number of carbonyl (C=O) groups excluding carboxylic acids is 1. The zero-order valence-corrected chi connectivity index (χ0v) is 15.2. The second kappa shape index (κ2) is 7.18. The molecule has 0 saturated carbocycles. The van der Waals surface area contributed by atoms with Gasteiger partial charge in [-0.25, -0.2) is 4.79 Å². The topological polar surface area (TPSA) is 86.0 Å². The average molecular weight is 408 g/mol. The molecule has 2 N–H and O–H groups in total. The first-order valence-electron chi connectivity index (χ1n) is 7.81. The van der Waals surface area contributed by atoms with Crippen molar-refractivity contribution in [1.29, 1.82) is 0 Å². The Morgan fingerprint density at radius 1 is 1.28 bits per heavy atom. The van der Waals surface area contributed by atoms with E-state index in [1.807, 2.05) is 24.3 Å². The molecule has 1 atom stereocenters. The van der Waals surface area contributed by atoms with Crippen LogP contribution in [0.25, 0.3) is 0 Å². The SMILES string of the molecule is CN(C(=O)O)C1CCN(c2ccc(NC(=O)c3ccc(Br)o3)cc2)C1. The Morgan fingerprint density at radius 2 is 2.00 bits per heavy atom. The van der Waals surface area contributed by atoms with E-state index in [0.29, 0.717) is 16.9 Å². The molecular weight excluding hydrogens is 390 g/mol. The predicted molar refractivity (Wildman–Crippen MR) is 97.2 cm³/mol. The van der Waals surface area contributed by atoms with E-state index in [-0.39, 0.29) is 17.7 Å². The molecule has 0 aliphatic carbocycles. The van der Waals surface area contributed by atoms with Gasteiger partial charge in [0.05, 0.1) is 6.04 Å². The van der Waals surface area contributed by atoms with Gasteiger partial charge in [-0.3, -0.25) is 4.79 Å². The quantitative estimate of drug-likeness (QED) is 0.809. The van der Waals surface area contributed by atoms with Crippen molar-refractivity contribution in [1.82, 2.24) is 4.90 Å². The second-order valence-corrected chi connectivity index (χ2v) is 6.67. The largest absolute Gasteiger partial charge is 0.465 e. The molecule has 0 radical (unpaired) electrons. The highest BCUT2D eigenvalue weighted by Gasteiger charge is 2.28. The van der Waals surface area contributed by atoms with E-state index >= 15 is 0 Å². The molecule has 0 spiro atoms. The molecule has 132 valence electrons. The zero-order valence-electron chi connectivity index (χ0n) is 13.6. The van der Waals surface area contributed by atoms with Crippen LogP contribution in [0.2, 0.25) is 0 Å². The van der Waals surface area contributed by atoms with Gasteiger partial charge >= 0.3 is 6.09 Å². The van der Waals surface area contributed by atoms with Crippen LogP contribution in [0.1, 0.15) is 17.0 Å². The van der Waals surface area contributed by atoms with Crippen LogP contribution in [0.4, 0.5) is 16.2 Å². The number of nitrogens with zero attached hydrogens (tertiary/aromatic N) is 2. The number of nitrogens with one attached hydrogen (secondary N) is 1. The van der Waals surface area contributed by atoms with Crippen molar-refractivity contribution in [3.05, 3.63) is 46.8 Å². The summed E-state index contributed by atoms with van der Waals surface area (Å²) >= 11 is 3.16. The Morgan fingerprint density at radius 3 is 2.60 bits per heavy atom. The van der Waals surface area contributed by atoms with Gasteiger partial charge in [-0.05, 0) is 58.7 Å². The monoisotopic (exact) mass is 407 g/mol. The molecule has 2 amide bonds. The van der Waals surface area contributed by atoms with Crippen molar-refractivity contribution < 1.29 is 19.1 Å². The number of furan rings is 1. The number of anilines is 2. The van der Waals surface area contributed by atoms with E-state index < -0.39 is 6.09 Å². The Hall–Kier alpha value is -2.48. The van der Waals surface area contributed by atoms with Gasteiger partial charge in [-0.15, -0.1) is 0 Å². The number of hydrogen-bond acceptors (Lipinski definition) is 4. The van der Waals surface area contributed by atoms with Crippen molar-refractivity contribution in [3.63, 3.8) is 0 Å². The lowest BCUT2D eigenvalue weighted by atomic mass is 10.2. The maximum Gasteiger partial charge on any atom is 0.407 e. The van der Waals surface area contributed by atoms with Crippen molar-refractivity contribution >= 4 is 39.3 Å². The molecule has 1 aliphatic heterocycles. The van der Waals surface area contributed by atoms with E-state index in [4.69, 9.17) is 9.52 Å². The molecule has 1 aromatic heterocycles. The van der Waals surface area contributed by atoms with Crippen LogP contribution in [0.15, 0.2) is 45.5 Å². The standard InChI is InChI=1S/C17H18BrN3O4/c1-20(17(23)24)13-8-9-21(10-13)12-4-2-11(3-5-12)19-16(22)14-6-7-15(18)25-14/h2-7,13H,8-10H2,1H3,(H,19,22)(H,23,24). The maximum absolute atomic E-state index is 12.1. The molecule has 1 aromatic carbocycles. The minimum Gasteiger partial charge on any atom is -0.465 e. The Bertz CT molecular complexity index is 774. The molecule has 7 nitrogen and oxygen atoms in total.